The number of carbonyl (C=O) groups excluding carboxylic acids is 2. The molecule has 0 aliphatic carbocycles. The van der Waals surface area contributed by atoms with E-state index >= 15 is 0 Å². The van der Waals surface area contributed by atoms with Gasteiger partial charge >= 0.3 is 5.97 Å². The number of hydrogen-bond acceptors (Lipinski definition) is 5. The van der Waals surface area contributed by atoms with Crippen molar-refractivity contribution in [1.82, 2.24) is 10.4 Å². The Kier molecular flexibility index (Phi) is 8.14. The second-order valence-electron chi connectivity index (χ2n) is 8.87. The Morgan fingerprint density at radius 2 is 1.73 bits per heavy atom. The minimum absolute atomic E-state index is 0.250. The molecule has 7 nitrogen and oxygen atoms in total. The Labute approximate surface area is 247 Å². The first-order chi connectivity index (χ1) is 19.4. The second kappa shape index (κ2) is 11.9. The van der Waals surface area contributed by atoms with E-state index in [1.165, 1.54) is 13.3 Å². The van der Waals surface area contributed by atoms with Crippen molar-refractivity contribution in [2.75, 3.05) is 7.11 Å². The summed E-state index contributed by atoms with van der Waals surface area (Å²) in [5, 5.41) is 5.15. The molecule has 5 rings (SSSR count). The average Bonchev–Trinajstić information content (AvgIpc) is 3.36. The molecule has 0 fully saturated rings. The summed E-state index contributed by atoms with van der Waals surface area (Å²) in [6.45, 7) is 1.99. The van der Waals surface area contributed by atoms with Gasteiger partial charge in [-0.25, -0.2) is 10.2 Å². The van der Waals surface area contributed by atoms with Crippen molar-refractivity contribution in [2.24, 2.45) is 5.10 Å². The predicted molar refractivity (Wildman–Crippen MR) is 163 cm³/mol. The van der Waals surface area contributed by atoms with E-state index in [-0.39, 0.29) is 5.75 Å². The Morgan fingerprint density at radius 3 is 2.50 bits per heavy atom. The quantitative estimate of drug-likeness (QED) is 0.0811. The summed E-state index contributed by atoms with van der Waals surface area (Å²) < 4.78 is 12.2. The summed E-state index contributed by atoms with van der Waals surface area (Å²) in [6.07, 6.45) is 1.43. The number of H-pyrrole nitrogens is 1. The van der Waals surface area contributed by atoms with Gasteiger partial charge in [-0.05, 0) is 64.3 Å². The van der Waals surface area contributed by atoms with E-state index in [1.54, 1.807) is 36.4 Å². The van der Waals surface area contributed by atoms with E-state index < -0.39 is 11.9 Å². The largest absolute Gasteiger partial charge is 0.497 e. The van der Waals surface area contributed by atoms with Crippen molar-refractivity contribution in [3.63, 3.8) is 0 Å². The lowest BCUT2D eigenvalue weighted by Crippen LogP contribution is -2.19. The number of para-hydroxylation sites is 1. The molecule has 4 aromatic carbocycles. The molecule has 0 saturated heterocycles. The lowest BCUT2D eigenvalue weighted by molar-refractivity contribution is 0.0732. The van der Waals surface area contributed by atoms with Crippen LogP contribution in [0.4, 0.5) is 0 Å². The number of methoxy groups -OCH3 is 1. The maximum Gasteiger partial charge on any atom is 0.343 e. The maximum absolute atomic E-state index is 13.4. The molecule has 1 heterocycles. The van der Waals surface area contributed by atoms with Crippen LogP contribution in [0.1, 0.15) is 32.0 Å². The molecule has 0 spiro atoms. The molecule has 1 amide bonds. The second-order valence-corrected chi connectivity index (χ2v) is 10.6. The normalized spacial score (nSPS) is 11.1. The molecule has 2 N–H and O–H groups in total. The number of esters is 1. The van der Waals surface area contributed by atoms with Gasteiger partial charge in [0, 0.05) is 26.5 Å². The van der Waals surface area contributed by atoms with Gasteiger partial charge in [0.25, 0.3) is 5.91 Å². The van der Waals surface area contributed by atoms with Crippen LogP contribution in [0.15, 0.2) is 99.0 Å². The van der Waals surface area contributed by atoms with E-state index in [2.05, 4.69) is 47.4 Å². The van der Waals surface area contributed by atoms with Crippen LogP contribution in [0.25, 0.3) is 22.0 Å². The average molecular weight is 661 g/mol. The summed E-state index contributed by atoms with van der Waals surface area (Å²) in [5.74, 6) is -0.188. The third kappa shape index (κ3) is 5.71. The molecule has 0 bridgehead atoms. The third-order valence-electron chi connectivity index (χ3n) is 6.24. The number of ether oxygens (including phenoxy) is 2. The zero-order valence-electron chi connectivity index (χ0n) is 21.5. The molecule has 0 saturated carbocycles. The molecule has 1 aromatic heterocycles. The number of halogens is 2. The highest BCUT2D eigenvalue weighted by Gasteiger charge is 2.20. The number of nitrogens with zero attached hydrogens (tertiary/aromatic N) is 1. The van der Waals surface area contributed by atoms with Crippen LogP contribution in [0.2, 0.25) is 0 Å². The molecule has 9 heteroatoms. The molecular weight excluding hydrogens is 638 g/mol. The number of aromatic nitrogens is 1. The zero-order chi connectivity index (χ0) is 28.2. The lowest BCUT2D eigenvalue weighted by atomic mass is 10.0. The van der Waals surface area contributed by atoms with Crippen molar-refractivity contribution >= 4 is 60.9 Å². The minimum Gasteiger partial charge on any atom is -0.497 e. The molecule has 40 heavy (non-hydrogen) atoms. The summed E-state index contributed by atoms with van der Waals surface area (Å²) >= 11 is 6.92. The summed E-state index contributed by atoms with van der Waals surface area (Å²) in [4.78, 5) is 29.6. The molecule has 0 aliphatic rings. The number of aromatic amines is 1. The first kappa shape index (κ1) is 27.4. The van der Waals surface area contributed by atoms with Gasteiger partial charge in [0.15, 0.2) is 5.75 Å². The van der Waals surface area contributed by atoms with E-state index in [1.807, 2.05) is 55.5 Å². The van der Waals surface area contributed by atoms with Gasteiger partial charge in [-0.15, -0.1) is 0 Å². The van der Waals surface area contributed by atoms with Crippen LogP contribution >= 0.6 is 31.9 Å². The van der Waals surface area contributed by atoms with Crippen LogP contribution < -0.4 is 14.9 Å². The Bertz CT molecular complexity index is 1760. The fraction of sp³-hybridized carbons (Fsp3) is 0.0645. The molecule has 0 aliphatic heterocycles. The third-order valence-corrected chi connectivity index (χ3v) is 7.29. The monoisotopic (exact) mass is 659 g/mol. The van der Waals surface area contributed by atoms with E-state index in [0.29, 0.717) is 27.0 Å². The van der Waals surface area contributed by atoms with Crippen LogP contribution in [-0.4, -0.2) is 30.2 Å². The van der Waals surface area contributed by atoms with Gasteiger partial charge in [-0.3, -0.25) is 4.79 Å². The van der Waals surface area contributed by atoms with Crippen molar-refractivity contribution in [3.8, 4) is 22.6 Å². The predicted octanol–water partition coefficient (Wildman–Crippen LogP) is 7.66. The maximum atomic E-state index is 13.4. The van der Waals surface area contributed by atoms with Gasteiger partial charge in [0.05, 0.1) is 23.4 Å². The standard InChI is InChI=1S/C31H23Br2N3O4/c1-18-8-6-13-24-26(19-9-4-3-5-10-19)28(35-27(18)24)30(37)36-34-17-21-14-22(32)16-25(33)29(21)40-31(38)20-11-7-12-23(15-20)39-2/h3-17,35H,1-2H3,(H,36,37). The topological polar surface area (TPSA) is 92.8 Å². The van der Waals surface area contributed by atoms with Crippen molar-refractivity contribution in [1.29, 1.82) is 0 Å². The Hall–Kier alpha value is -4.21. The van der Waals surface area contributed by atoms with E-state index in [9.17, 15) is 9.59 Å². The highest BCUT2D eigenvalue weighted by molar-refractivity contribution is 9.11. The number of amides is 1. The molecular formula is C31H23Br2N3O4. The Balaban J connectivity index is 1.44. The molecule has 0 atom stereocenters. The summed E-state index contributed by atoms with van der Waals surface area (Å²) in [7, 11) is 1.53. The van der Waals surface area contributed by atoms with Crippen LogP contribution in [0.3, 0.4) is 0 Å². The number of rotatable bonds is 7. The number of nitrogens with one attached hydrogen (secondary N) is 2. The number of aryl methyl sites for hydroxylation is 1. The highest BCUT2D eigenvalue weighted by Crippen LogP contribution is 2.35. The number of benzene rings is 4. The van der Waals surface area contributed by atoms with E-state index in [0.717, 1.165) is 32.1 Å². The SMILES string of the molecule is COc1cccc(C(=O)Oc2c(Br)cc(Br)cc2C=NNC(=O)c2[nH]c3c(C)cccc3c2-c2ccccc2)c1. The van der Waals surface area contributed by atoms with Gasteiger partial charge in [-0.1, -0.05) is 70.5 Å². The number of hydrogen-bond donors (Lipinski definition) is 2. The fourth-order valence-electron chi connectivity index (χ4n) is 4.34. The first-order valence-electron chi connectivity index (χ1n) is 12.2. The van der Waals surface area contributed by atoms with Crippen LogP contribution in [0, 0.1) is 6.92 Å². The fourth-order valence-corrected chi connectivity index (χ4v) is 5.68. The summed E-state index contributed by atoms with van der Waals surface area (Å²) in [5.41, 5.74) is 7.43. The van der Waals surface area contributed by atoms with Crippen LogP contribution in [0.5, 0.6) is 11.5 Å². The first-order valence-corrected chi connectivity index (χ1v) is 13.8. The zero-order valence-corrected chi connectivity index (χ0v) is 24.7. The van der Waals surface area contributed by atoms with Crippen molar-refractivity contribution < 1.29 is 19.1 Å². The van der Waals surface area contributed by atoms with Crippen molar-refractivity contribution in [3.05, 3.63) is 116 Å². The number of carbonyl (C=O) groups is 2. The highest BCUT2D eigenvalue weighted by atomic mass is 79.9. The molecule has 0 radical (unpaired) electrons. The molecule has 5 aromatic rings. The molecule has 200 valence electrons. The number of fused-ring (bicyclic) bond motifs is 1. The van der Waals surface area contributed by atoms with Gasteiger partial charge in [0.1, 0.15) is 11.4 Å². The summed E-state index contributed by atoms with van der Waals surface area (Å²) in [6, 6.07) is 25.8. The smallest absolute Gasteiger partial charge is 0.343 e. The van der Waals surface area contributed by atoms with Crippen molar-refractivity contribution in [2.45, 2.75) is 6.92 Å². The van der Waals surface area contributed by atoms with Gasteiger partial charge in [0.2, 0.25) is 0 Å². The Morgan fingerprint density at radius 1 is 0.950 bits per heavy atom. The van der Waals surface area contributed by atoms with Gasteiger partial charge < -0.3 is 14.5 Å². The van der Waals surface area contributed by atoms with E-state index in [4.69, 9.17) is 9.47 Å². The lowest BCUT2D eigenvalue weighted by Gasteiger charge is -2.11. The van der Waals surface area contributed by atoms with Crippen LogP contribution in [-0.2, 0) is 0 Å². The molecule has 0 unspecified atom stereocenters. The minimum atomic E-state index is -0.568. The van der Waals surface area contributed by atoms with Gasteiger partial charge in [-0.2, -0.15) is 5.10 Å². The number of hydrazone groups is 1.